The minimum atomic E-state index is -0.525. The van der Waals surface area contributed by atoms with Gasteiger partial charge < -0.3 is 4.90 Å². The molecule has 18 heavy (non-hydrogen) atoms. The molecule has 0 fully saturated rings. The van der Waals surface area contributed by atoms with Crippen LogP contribution in [0.2, 0.25) is 0 Å². The first-order valence-corrected chi connectivity index (χ1v) is 5.83. The standard InChI is InChI=1S/C13H18N2O3/c1-9(2)8-14(4)11-5-6-13(15(17)18)12(7-11)10(3)16/h5-7,9H,8H2,1-4H3. The van der Waals surface area contributed by atoms with E-state index in [1.54, 1.807) is 12.1 Å². The highest BCUT2D eigenvalue weighted by atomic mass is 16.6. The molecule has 0 amide bonds. The van der Waals surface area contributed by atoms with Crippen molar-refractivity contribution >= 4 is 17.2 Å². The summed E-state index contributed by atoms with van der Waals surface area (Å²) in [5.74, 6) is 0.187. The lowest BCUT2D eigenvalue weighted by Gasteiger charge is -2.21. The molecule has 0 aliphatic rings. The van der Waals surface area contributed by atoms with Crippen molar-refractivity contribution in [3.63, 3.8) is 0 Å². The van der Waals surface area contributed by atoms with E-state index in [1.807, 2.05) is 11.9 Å². The number of nitro groups is 1. The van der Waals surface area contributed by atoms with Gasteiger partial charge in [-0.15, -0.1) is 0 Å². The third-order valence-corrected chi connectivity index (χ3v) is 2.64. The summed E-state index contributed by atoms with van der Waals surface area (Å²) in [6.45, 7) is 6.35. The Balaban J connectivity index is 3.15. The van der Waals surface area contributed by atoms with Crippen molar-refractivity contribution in [1.82, 2.24) is 0 Å². The van der Waals surface area contributed by atoms with Crippen molar-refractivity contribution in [2.24, 2.45) is 5.92 Å². The molecule has 1 rings (SSSR count). The molecule has 5 heteroatoms. The van der Waals surface area contributed by atoms with Gasteiger partial charge in [0.2, 0.25) is 0 Å². The molecular formula is C13H18N2O3. The topological polar surface area (TPSA) is 63.5 Å². The largest absolute Gasteiger partial charge is 0.374 e. The van der Waals surface area contributed by atoms with Crippen LogP contribution in [0.15, 0.2) is 18.2 Å². The number of carbonyl (C=O) groups is 1. The van der Waals surface area contributed by atoms with Crippen molar-refractivity contribution in [3.05, 3.63) is 33.9 Å². The van der Waals surface area contributed by atoms with Gasteiger partial charge in [0.25, 0.3) is 5.69 Å². The maximum atomic E-state index is 11.4. The van der Waals surface area contributed by atoms with Crippen LogP contribution < -0.4 is 4.90 Å². The van der Waals surface area contributed by atoms with Gasteiger partial charge in [0.1, 0.15) is 0 Å². The van der Waals surface area contributed by atoms with E-state index in [0.29, 0.717) is 5.92 Å². The summed E-state index contributed by atoms with van der Waals surface area (Å²) >= 11 is 0. The molecule has 1 aromatic carbocycles. The van der Waals surface area contributed by atoms with Crippen molar-refractivity contribution < 1.29 is 9.72 Å². The third kappa shape index (κ3) is 3.29. The summed E-state index contributed by atoms with van der Waals surface area (Å²) in [7, 11) is 1.91. The van der Waals surface area contributed by atoms with Gasteiger partial charge in [-0.1, -0.05) is 13.8 Å². The molecule has 0 atom stereocenters. The van der Waals surface area contributed by atoms with E-state index in [1.165, 1.54) is 13.0 Å². The summed E-state index contributed by atoms with van der Waals surface area (Å²) in [5.41, 5.74) is 0.844. The first-order chi connectivity index (χ1) is 8.32. The maximum absolute atomic E-state index is 11.4. The Labute approximate surface area is 107 Å². The number of rotatable bonds is 5. The lowest BCUT2D eigenvalue weighted by atomic mass is 10.1. The zero-order valence-electron chi connectivity index (χ0n) is 11.1. The van der Waals surface area contributed by atoms with Crippen molar-refractivity contribution in [3.8, 4) is 0 Å². The molecule has 0 bridgehead atoms. The van der Waals surface area contributed by atoms with Gasteiger partial charge in [-0.25, -0.2) is 0 Å². The molecule has 1 aromatic rings. The van der Waals surface area contributed by atoms with Gasteiger partial charge in [0.15, 0.2) is 5.78 Å². The van der Waals surface area contributed by atoms with Gasteiger partial charge in [0.05, 0.1) is 10.5 Å². The molecule has 0 aliphatic carbocycles. The summed E-state index contributed by atoms with van der Waals surface area (Å²) in [6.07, 6.45) is 0. The average Bonchev–Trinajstić information content (AvgIpc) is 2.26. The van der Waals surface area contributed by atoms with E-state index in [9.17, 15) is 14.9 Å². The molecule has 0 saturated heterocycles. The quantitative estimate of drug-likeness (QED) is 0.458. The number of nitrogens with zero attached hydrogens (tertiary/aromatic N) is 2. The number of anilines is 1. The fourth-order valence-corrected chi connectivity index (χ4v) is 1.86. The molecule has 0 saturated carbocycles. The first kappa shape index (κ1) is 14.2. The predicted molar refractivity (Wildman–Crippen MR) is 71.2 cm³/mol. The molecule has 5 nitrogen and oxygen atoms in total. The van der Waals surface area contributed by atoms with E-state index in [2.05, 4.69) is 13.8 Å². The second-order valence-electron chi connectivity index (χ2n) is 4.79. The van der Waals surface area contributed by atoms with Crippen LogP contribution in [0.4, 0.5) is 11.4 Å². The van der Waals surface area contributed by atoms with E-state index in [4.69, 9.17) is 0 Å². The Morgan fingerprint density at radius 3 is 2.50 bits per heavy atom. The SMILES string of the molecule is CC(=O)c1cc(N(C)CC(C)C)ccc1[N+](=O)[O-]. The molecule has 0 heterocycles. The average molecular weight is 250 g/mol. The van der Waals surface area contributed by atoms with Crippen LogP contribution in [0, 0.1) is 16.0 Å². The van der Waals surface area contributed by atoms with Crippen LogP contribution in [-0.4, -0.2) is 24.3 Å². The van der Waals surface area contributed by atoms with Crippen molar-refractivity contribution in [2.45, 2.75) is 20.8 Å². The molecule has 0 radical (unpaired) electrons. The lowest BCUT2D eigenvalue weighted by molar-refractivity contribution is -0.385. The Hall–Kier alpha value is -1.91. The first-order valence-electron chi connectivity index (χ1n) is 5.83. The maximum Gasteiger partial charge on any atom is 0.280 e. The summed E-state index contributed by atoms with van der Waals surface area (Å²) in [4.78, 5) is 23.7. The van der Waals surface area contributed by atoms with Gasteiger partial charge in [-0.05, 0) is 25.0 Å². The van der Waals surface area contributed by atoms with E-state index < -0.39 is 4.92 Å². The fraction of sp³-hybridized carbons (Fsp3) is 0.462. The van der Waals surface area contributed by atoms with E-state index in [0.717, 1.165) is 12.2 Å². The molecule has 0 N–H and O–H groups in total. The number of nitro benzene ring substituents is 1. The summed E-state index contributed by atoms with van der Waals surface area (Å²) < 4.78 is 0. The summed E-state index contributed by atoms with van der Waals surface area (Å²) in [6, 6.07) is 4.65. The smallest absolute Gasteiger partial charge is 0.280 e. The molecule has 0 aromatic heterocycles. The molecular weight excluding hydrogens is 232 g/mol. The second-order valence-corrected chi connectivity index (χ2v) is 4.79. The number of Topliss-reactive ketones (excluding diaryl/α,β-unsaturated/α-hetero) is 1. The fourth-order valence-electron chi connectivity index (χ4n) is 1.86. The number of benzene rings is 1. The van der Waals surface area contributed by atoms with Crippen LogP contribution in [0.25, 0.3) is 0 Å². The monoisotopic (exact) mass is 250 g/mol. The molecule has 0 spiro atoms. The molecule has 0 unspecified atom stereocenters. The predicted octanol–water partition coefficient (Wildman–Crippen LogP) is 2.89. The van der Waals surface area contributed by atoms with Gasteiger partial charge in [-0.2, -0.15) is 0 Å². The van der Waals surface area contributed by atoms with Crippen molar-refractivity contribution in [2.75, 3.05) is 18.5 Å². The number of hydrogen-bond acceptors (Lipinski definition) is 4. The third-order valence-electron chi connectivity index (χ3n) is 2.64. The number of ketones is 1. The number of carbonyl (C=O) groups excluding carboxylic acids is 1. The Morgan fingerprint density at radius 2 is 2.06 bits per heavy atom. The molecule has 98 valence electrons. The zero-order valence-corrected chi connectivity index (χ0v) is 11.1. The van der Waals surface area contributed by atoms with Crippen LogP contribution in [0.3, 0.4) is 0 Å². The van der Waals surface area contributed by atoms with Gasteiger partial charge in [-0.3, -0.25) is 14.9 Å². The van der Waals surface area contributed by atoms with E-state index in [-0.39, 0.29) is 17.0 Å². The highest BCUT2D eigenvalue weighted by molar-refractivity contribution is 5.99. The lowest BCUT2D eigenvalue weighted by Crippen LogP contribution is -2.22. The van der Waals surface area contributed by atoms with Gasteiger partial charge in [0, 0.05) is 25.3 Å². The van der Waals surface area contributed by atoms with E-state index >= 15 is 0 Å². The zero-order chi connectivity index (χ0) is 13.9. The molecule has 0 aliphatic heterocycles. The highest BCUT2D eigenvalue weighted by Gasteiger charge is 2.18. The Morgan fingerprint density at radius 1 is 1.44 bits per heavy atom. The minimum absolute atomic E-state index is 0.135. The van der Waals surface area contributed by atoms with Crippen LogP contribution >= 0.6 is 0 Å². The minimum Gasteiger partial charge on any atom is -0.374 e. The second kappa shape index (κ2) is 5.62. The Bertz CT molecular complexity index is 469. The van der Waals surface area contributed by atoms with Crippen LogP contribution in [-0.2, 0) is 0 Å². The van der Waals surface area contributed by atoms with Crippen LogP contribution in [0.5, 0.6) is 0 Å². The highest BCUT2D eigenvalue weighted by Crippen LogP contribution is 2.25. The normalized spacial score (nSPS) is 10.5. The van der Waals surface area contributed by atoms with Gasteiger partial charge >= 0.3 is 0 Å². The Kier molecular flexibility index (Phi) is 4.42. The van der Waals surface area contributed by atoms with Crippen LogP contribution in [0.1, 0.15) is 31.1 Å². The number of hydrogen-bond donors (Lipinski definition) is 0. The summed E-state index contributed by atoms with van der Waals surface area (Å²) in [5, 5.41) is 10.8. The van der Waals surface area contributed by atoms with Crippen molar-refractivity contribution in [1.29, 1.82) is 0 Å².